The molecule has 6 nitrogen and oxygen atoms in total. The summed E-state index contributed by atoms with van der Waals surface area (Å²) >= 11 is 1.58. The van der Waals surface area contributed by atoms with E-state index >= 15 is 0 Å². The zero-order valence-electron chi connectivity index (χ0n) is 14.3. The highest BCUT2D eigenvalue weighted by atomic mass is 32.2. The normalized spacial score (nSPS) is 17.9. The molecule has 0 spiro atoms. The van der Waals surface area contributed by atoms with Crippen molar-refractivity contribution < 1.29 is 14.8 Å². The van der Waals surface area contributed by atoms with Crippen molar-refractivity contribution in [2.24, 2.45) is 0 Å². The molecule has 7 heteroatoms. The van der Waals surface area contributed by atoms with E-state index in [1.165, 1.54) is 0 Å². The zero-order chi connectivity index (χ0) is 17.7. The van der Waals surface area contributed by atoms with Crippen molar-refractivity contribution in [2.45, 2.75) is 0 Å². The van der Waals surface area contributed by atoms with Gasteiger partial charge in [-0.05, 0) is 30.5 Å². The van der Waals surface area contributed by atoms with Crippen LogP contribution >= 0.6 is 11.8 Å². The number of H-pyrrole nitrogens is 1. The number of nitrogens with zero attached hydrogens (tertiary/aromatic N) is 2. The number of allylic oxidation sites excluding steroid dienone is 1. The maximum atomic E-state index is 13.3. The maximum absolute atomic E-state index is 13.3. The van der Waals surface area contributed by atoms with Crippen LogP contribution < -0.4 is 4.90 Å². The molecule has 3 aromatic rings. The Bertz CT molecular complexity index is 1040. The predicted molar refractivity (Wildman–Crippen MR) is 99.7 cm³/mol. The van der Waals surface area contributed by atoms with Crippen molar-refractivity contribution in [1.29, 1.82) is 0 Å². The number of hydrogen-bond donors (Lipinski definition) is 3. The molecule has 4 rings (SSSR count). The minimum absolute atomic E-state index is 0.0624. The number of phenols is 1. The van der Waals surface area contributed by atoms with E-state index < -0.39 is 0 Å². The van der Waals surface area contributed by atoms with Crippen molar-refractivity contribution >= 4 is 39.4 Å². The minimum Gasteiger partial charge on any atom is -0.508 e. The summed E-state index contributed by atoms with van der Waals surface area (Å²) in [5.74, 6) is 0.139. The Morgan fingerprint density at radius 1 is 1.36 bits per heavy atom. The highest BCUT2D eigenvalue weighted by Crippen LogP contribution is 2.31. The fraction of sp³-hybridized carbons (Fsp3) is 0.222. The number of aromatic amines is 1. The van der Waals surface area contributed by atoms with Gasteiger partial charge < -0.3 is 15.0 Å². The minimum atomic E-state index is -0.0624. The number of nitrogens with one attached hydrogen (secondary N) is 2. The van der Waals surface area contributed by atoms with E-state index in [1.807, 2.05) is 32.5 Å². The van der Waals surface area contributed by atoms with Gasteiger partial charge in [-0.3, -0.25) is 14.7 Å². The van der Waals surface area contributed by atoms with Crippen molar-refractivity contribution in [3.05, 3.63) is 46.9 Å². The summed E-state index contributed by atoms with van der Waals surface area (Å²) in [6, 6.07) is 7.01. The Morgan fingerprint density at radius 2 is 2.16 bits per heavy atom. The van der Waals surface area contributed by atoms with Crippen LogP contribution in [-0.2, 0) is 0 Å². The molecule has 1 atom stereocenters. The summed E-state index contributed by atoms with van der Waals surface area (Å²) in [5.41, 5.74) is 2.75. The number of benzene rings is 1. The lowest BCUT2D eigenvalue weighted by molar-refractivity contribution is -0.835. The number of carbonyl (C=O) groups is 1. The molecule has 1 unspecified atom stereocenters. The molecule has 0 amide bonds. The number of ketones is 1. The van der Waals surface area contributed by atoms with Crippen LogP contribution in [0.4, 0.5) is 0 Å². The number of likely N-dealkylation sites (N-methyl/N-ethyl adjacent to an activating group) is 1. The quantitative estimate of drug-likeness (QED) is 0.622. The second kappa shape index (κ2) is 5.79. The van der Waals surface area contributed by atoms with Crippen molar-refractivity contribution in [3.63, 3.8) is 0 Å². The molecule has 3 heterocycles. The number of aromatic hydroxyl groups is 1. The summed E-state index contributed by atoms with van der Waals surface area (Å²) < 4.78 is 0. The van der Waals surface area contributed by atoms with E-state index in [4.69, 9.17) is 0 Å². The number of thioether (sulfide) groups is 1. The molecule has 1 aromatic carbocycles. The highest BCUT2D eigenvalue weighted by Gasteiger charge is 2.36. The Kier molecular flexibility index (Phi) is 3.70. The summed E-state index contributed by atoms with van der Waals surface area (Å²) in [5, 5.41) is 12.5. The van der Waals surface area contributed by atoms with Crippen molar-refractivity contribution in [1.82, 2.24) is 14.9 Å². The smallest absolute Gasteiger partial charge is 0.269 e. The highest BCUT2D eigenvalue weighted by molar-refractivity contribution is 8.02. The number of carbonyl (C=O) groups excluding carboxylic acids is 1. The molecule has 0 saturated heterocycles. The fourth-order valence-electron chi connectivity index (χ4n) is 3.53. The number of aromatic nitrogens is 2. The van der Waals surface area contributed by atoms with E-state index in [1.54, 1.807) is 30.1 Å². The molecule has 25 heavy (non-hydrogen) atoms. The van der Waals surface area contributed by atoms with Gasteiger partial charge in [0, 0.05) is 29.5 Å². The summed E-state index contributed by atoms with van der Waals surface area (Å²) in [4.78, 5) is 24.1. The van der Waals surface area contributed by atoms with Gasteiger partial charge in [0.05, 0.1) is 12.6 Å². The number of fused-ring (bicyclic) bond motifs is 3. The number of pyridine rings is 1. The third kappa shape index (κ3) is 2.39. The van der Waals surface area contributed by atoms with Crippen molar-refractivity contribution in [3.8, 4) is 5.75 Å². The first kappa shape index (κ1) is 16.0. The van der Waals surface area contributed by atoms with E-state index in [2.05, 4.69) is 14.9 Å². The van der Waals surface area contributed by atoms with E-state index in [0.29, 0.717) is 11.2 Å². The number of rotatable bonds is 3. The van der Waals surface area contributed by atoms with Crippen LogP contribution in [0.25, 0.3) is 21.8 Å². The summed E-state index contributed by atoms with van der Waals surface area (Å²) in [6.45, 7) is 0.758. The monoisotopic (exact) mass is 355 g/mol. The first-order chi connectivity index (χ1) is 12.0. The standard InChI is InChI=1S/C18H18N4O2S/c1-21-9-22(2)18(25-3)16(21)17(24)15-14-11(6-7-19-15)12-8-10(23)4-5-13(12)20-14/h4-8,20,23H,9H2,1-3H3/p+1. The Hall–Kier alpha value is -2.51. The number of phenolic OH excluding ortho intramolecular Hbond substituents is 1. The topological polar surface area (TPSA) is 73.7 Å². The summed E-state index contributed by atoms with van der Waals surface area (Å²) in [7, 11) is 3.99. The number of hydrogen-bond acceptors (Lipinski definition) is 5. The first-order valence-corrected chi connectivity index (χ1v) is 9.20. The molecule has 0 fully saturated rings. The molecule has 0 bridgehead atoms. The lowest BCUT2D eigenvalue weighted by atomic mass is 10.1. The van der Waals surface area contributed by atoms with Gasteiger partial charge in [0.25, 0.3) is 5.78 Å². The molecule has 0 radical (unpaired) electrons. The lowest BCUT2D eigenvalue weighted by Crippen LogP contribution is -3.07. The van der Waals surface area contributed by atoms with E-state index in [-0.39, 0.29) is 11.5 Å². The molecular weight excluding hydrogens is 336 g/mol. The van der Waals surface area contributed by atoms with Crippen LogP contribution in [0.5, 0.6) is 5.75 Å². The average Bonchev–Trinajstić information content (AvgIpc) is 3.10. The molecule has 3 N–H and O–H groups in total. The molecule has 0 aliphatic carbocycles. The molecule has 1 aliphatic rings. The summed E-state index contributed by atoms with van der Waals surface area (Å²) in [6.07, 6.45) is 3.64. The van der Waals surface area contributed by atoms with Gasteiger partial charge in [0.2, 0.25) is 5.70 Å². The number of Topliss-reactive ketones (excluding diaryl/α,β-unsaturated/α-hetero) is 1. The van der Waals surface area contributed by atoms with Crippen LogP contribution in [0.3, 0.4) is 0 Å². The van der Waals surface area contributed by atoms with Crippen LogP contribution in [-0.4, -0.2) is 52.8 Å². The van der Waals surface area contributed by atoms with Gasteiger partial charge in [-0.15, -0.1) is 11.8 Å². The van der Waals surface area contributed by atoms with Crippen LogP contribution in [0.15, 0.2) is 41.2 Å². The van der Waals surface area contributed by atoms with Gasteiger partial charge >= 0.3 is 0 Å². The third-order valence-electron chi connectivity index (χ3n) is 4.60. The van der Waals surface area contributed by atoms with E-state index in [0.717, 1.165) is 38.6 Å². The SMILES string of the molecule is CSC1=C(C(=O)c2nccc3c2[nH]c2ccc(O)cc23)[NH+](C)CN1C. The van der Waals surface area contributed by atoms with E-state index in [9.17, 15) is 9.90 Å². The molecule has 1 aliphatic heterocycles. The van der Waals surface area contributed by atoms with Gasteiger partial charge in [0.1, 0.15) is 16.5 Å². The van der Waals surface area contributed by atoms with Gasteiger partial charge in [-0.2, -0.15) is 0 Å². The van der Waals surface area contributed by atoms with Gasteiger partial charge in [0.15, 0.2) is 6.67 Å². The second-order valence-electron chi connectivity index (χ2n) is 6.29. The van der Waals surface area contributed by atoms with Crippen molar-refractivity contribution in [2.75, 3.05) is 27.0 Å². The molecule has 128 valence electrons. The Morgan fingerprint density at radius 3 is 2.92 bits per heavy atom. The predicted octanol–water partition coefficient (Wildman–Crippen LogP) is 1.55. The fourth-order valence-corrected chi connectivity index (χ4v) is 4.38. The average molecular weight is 355 g/mol. The second-order valence-corrected chi connectivity index (χ2v) is 7.08. The molecule has 2 aromatic heterocycles. The number of quaternary nitrogens is 1. The third-order valence-corrected chi connectivity index (χ3v) is 5.50. The van der Waals surface area contributed by atoms with Crippen LogP contribution in [0, 0.1) is 0 Å². The zero-order valence-corrected chi connectivity index (χ0v) is 15.1. The maximum Gasteiger partial charge on any atom is 0.269 e. The Balaban J connectivity index is 1.94. The first-order valence-electron chi connectivity index (χ1n) is 7.97. The van der Waals surface area contributed by atoms with Crippen LogP contribution in [0.1, 0.15) is 10.5 Å². The van der Waals surface area contributed by atoms with Gasteiger partial charge in [-0.1, -0.05) is 0 Å². The molecule has 0 saturated carbocycles. The van der Waals surface area contributed by atoms with Crippen LogP contribution in [0.2, 0.25) is 0 Å². The largest absolute Gasteiger partial charge is 0.508 e. The Labute approximate surface area is 149 Å². The lowest BCUT2D eigenvalue weighted by Gasteiger charge is -2.10. The van der Waals surface area contributed by atoms with Gasteiger partial charge in [-0.25, -0.2) is 0 Å². The molecular formula is C18H19N4O2S+.